The molecule has 8 nitrogen and oxygen atoms in total. The summed E-state index contributed by atoms with van der Waals surface area (Å²) in [5.74, 6) is 2.77. The zero-order valence-electron chi connectivity index (χ0n) is 17.2. The van der Waals surface area contributed by atoms with Gasteiger partial charge >= 0.3 is 0 Å². The number of pyridine rings is 1. The molecular formula is C21H23N3O5S. The van der Waals surface area contributed by atoms with Gasteiger partial charge in [0.15, 0.2) is 11.5 Å². The van der Waals surface area contributed by atoms with Gasteiger partial charge in [-0.05, 0) is 25.1 Å². The number of benzene rings is 1. The van der Waals surface area contributed by atoms with Gasteiger partial charge in [-0.2, -0.15) is 0 Å². The average molecular weight is 429 g/mol. The average Bonchev–Trinajstić information content (AvgIpc) is 3.20. The van der Waals surface area contributed by atoms with Gasteiger partial charge in [-0.25, -0.2) is 4.98 Å². The van der Waals surface area contributed by atoms with Crippen LogP contribution in [0.4, 0.5) is 0 Å². The Morgan fingerprint density at radius 2 is 1.83 bits per heavy atom. The van der Waals surface area contributed by atoms with Gasteiger partial charge in [0.25, 0.3) is 5.91 Å². The van der Waals surface area contributed by atoms with Gasteiger partial charge in [0.2, 0.25) is 0 Å². The highest BCUT2D eigenvalue weighted by Gasteiger charge is 2.16. The number of hydrogen-bond donors (Lipinski definition) is 1. The fourth-order valence-electron chi connectivity index (χ4n) is 2.81. The number of aromatic nitrogens is 2. The summed E-state index contributed by atoms with van der Waals surface area (Å²) in [4.78, 5) is 17.2. The summed E-state index contributed by atoms with van der Waals surface area (Å²) in [6.07, 6.45) is 1.66. The highest BCUT2D eigenvalue weighted by Crippen LogP contribution is 2.34. The first-order valence-corrected chi connectivity index (χ1v) is 10.1. The number of methoxy groups -OCH3 is 3. The molecule has 0 atom stereocenters. The maximum atomic E-state index is 12.8. The maximum absolute atomic E-state index is 12.8. The minimum atomic E-state index is -0.237. The molecule has 30 heavy (non-hydrogen) atoms. The third-order valence-electron chi connectivity index (χ3n) is 4.28. The molecular weight excluding hydrogens is 406 g/mol. The van der Waals surface area contributed by atoms with Crippen LogP contribution in [0.3, 0.4) is 0 Å². The molecule has 0 radical (unpaired) electrons. The van der Waals surface area contributed by atoms with Gasteiger partial charge in [0.1, 0.15) is 16.5 Å². The maximum Gasteiger partial charge on any atom is 0.254 e. The molecule has 0 saturated carbocycles. The Bertz CT molecular complexity index is 1020. The van der Waals surface area contributed by atoms with Gasteiger partial charge in [-0.1, -0.05) is 16.9 Å². The molecule has 9 heteroatoms. The normalized spacial score (nSPS) is 10.5. The van der Waals surface area contributed by atoms with Crippen molar-refractivity contribution in [2.75, 3.05) is 21.3 Å². The molecule has 2 heterocycles. The number of ether oxygens (including phenoxy) is 3. The van der Waals surface area contributed by atoms with E-state index in [0.29, 0.717) is 33.6 Å². The predicted octanol–water partition coefficient (Wildman–Crippen LogP) is 3.63. The van der Waals surface area contributed by atoms with Crippen LogP contribution in [0, 0.1) is 6.92 Å². The van der Waals surface area contributed by atoms with E-state index in [1.807, 2.05) is 13.0 Å². The molecule has 1 N–H and O–H groups in total. The van der Waals surface area contributed by atoms with E-state index in [4.69, 9.17) is 18.7 Å². The Morgan fingerprint density at radius 3 is 2.50 bits per heavy atom. The molecule has 0 fully saturated rings. The Balaban J connectivity index is 1.72. The van der Waals surface area contributed by atoms with E-state index in [1.54, 1.807) is 51.8 Å². The van der Waals surface area contributed by atoms with Gasteiger partial charge < -0.3 is 24.1 Å². The Morgan fingerprint density at radius 1 is 1.10 bits per heavy atom. The number of nitrogens with zero attached hydrogens (tertiary/aromatic N) is 2. The van der Waals surface area contributed by atoms with E-state index in [9.17, 15) is 4.79 Å². The molecule has 0 aliphatic rings. The molecule has 3 aromatic rings. The van der Waals surface area contributed by atoms with Crippen molar-refractivity contribution in [2.45, 2.75) is 24.2 Å². The first-order chi connectivity index (χ1) is 14.5. The van der Waals surface area contributed by atoms with Crippen molar-refractivity contribution >= 4 is 17.7 Å². The fraction of sp³-hybridized carbons (Fsp3) is 0.286. The number of rotatable bonds is 9. The van der Waals surface area contributed by atoms with E-state index >= 15 is 0 Å². The van der Waals surface area contributed by atoms with Crippen LogP contribution in [-0.2, 0) is 12.3 Å². The lowest BCUT2D eigenvalue weighted by Crippen LogP contribution is -2.24. The van der Waals surface area contributed by atoms with Crippen LogP contribution in [0.1, 0.15) is 27.4 Å². The highest BCUT2D eigenvalue weighted by atomic mass is 32.2. The van der Waals surface area contributed by atoms with Crippen molar-refractivity contribution in [1.29, 1.82) is 0 Å². The van der Waals surface area contributed by atoms with Crippen molar-refractivity contribution in [3.8, 4) is 17.2 Å². The quantitative estimate of drug-likeness (QED) is 0.515. The number of amides is 1. The van der Waals surface area contributed by atoms with Crippen LogP contribution in [0.25, 0.3) is 0 Å². The Kier molecular flexibility index (Phi) is 7.18. The largest absolute Gasteiger partial charge is 0.496 e. The lowest BCUT2D eigenvalue weighted by atomic mass is 10.1. The second-order valence-corrected chi connectivity index (χ2v) is 7.24. The molecule has 0 bridgehead atoms. The lowest BCUT2D eigenvalue weighted by molar-refractivity contribution is 0.0947. The number of carbonyl (C=O) groups excluding carboxylic acids is 1. The van der Waals surface area contributed by atoms with Gasteiger partial charge in [0, 0.05) is 36.2 Å². The minimum Gasteiger partial charge on any atom is -0.496 e. The number of aryl methyl sites for hydroxylation is 1. The first kappa shape index (κ1) is 21.5. The number of hydrogen-bond acceptors (Lipinski definition) is 8. The summed E-state index contributed by atoms with van der Waals surface area (Å²) in [5.41, 5.74) is 2.05. The molecule has 1 amide bonds. The Labute approximate surface area is 178 Å². The second-order valence-electron chi connectivity index (χ2n) is 6.28. The van der Waals surface area contributed by atoms with E-state index in [2.05, 4.69) is 15.5 Å². The molecule has 3 rings (SSSR count). The first-order valence-electron chi connectivity index (χ1n) is 9.12. The van der Waals surface area contributed by atoms with Crippen LogP contribution in [0.2, 0.25) is 0 Å². The summed E-state index contributed by atoms with van der Waals surface area (Å²) < 4.78 is 21.1. The third-order valence-corrected chi connectivity index (χ3v) is 5.31. The summed E-state index contributed by atoms with van der Waals surface area (Å²) >= 11 is 1.43. The molecule has 2 aromatic heterocycles. The van der Waals surface area contributed by atoms with Crippen LogP contribution in [0.15, 0.2) is 46.1 Å². The summed E-state index contributed by atoms with van der Waals surface area (Å²) in [6.45, 7) is 2.09. The molecule has 1 aromatic carbocycles. The van der Waals surface area contributed by atoms with E-state index in [-0.39, 0.29) is 12.5 Å². The van der Waals surface area contributed by atoms with E-state index < -0.39 is 0 Å². The third kappa shape index (κ3) is 5.04. The fourth-order valence-corrected chi connectivity index (χ4v) is 3.68. The van der Waals surface area contributed by atoms with Crippen LogP contribution >= 0.6 is 11.8 Å². The molecule has 0 aliphatic carbocycles. The van der Waals surface area contributed by atoms with Crippen molar-refractivity contribution in [1.82, 2.24) is 15.5 Å². The van der Waals surface area contributed by atoms with Crippen molar-refractivity contribution < 1.29 is 23.5 Å². The summed E-state index contributed by atoms with van der Waals surface area (Å²) in [5, 5.41) is 7.51. The number of nitrogens with one attached hydrogen (secondary N) is 1. The van der Waals surface area contributed by atoms with E-state index in [1.165, 1.54) is 11.8 Å². The Hall–Kier alpha value is -3.20. The van der Waals surface area contributed by atoms with Crippen molar-refractivity contribution in [3.63, 3.8) is 0 Å². The van der Waals surface area contributed by atoms with Gasteiger partial charge in [-0.15, -0.1) is 0 Å². The number of carbonyl (C=O) groups is 1. The zero-order chi connectivity index (χ0) is 21.5. The van der Waals surface area contributed by atoms with Gasteiger partial charge in [0.05, 0.1) is 32.6 Å². The molecule has 0 spiro atoms. The van der Waals surface area contributed by atoms with Crippen LogP contribution in [-0.4, -0.2) is 37.4 Å². The molecule has 0 unspecified atom stereocenters. The summed E-state index contributed by atoms with van der Waals surface area (Å²) in [7, 11) is 4.68. The van der Waals surface area contributed by atoms with Crippen molar-refractivity contribution in [2.24, 2.45) is 0 Å². The van der Waals surface area contributed by atoms with Crippen molar-refractivity contribution in [3.05, 3.63) is 59.1 Å². The number of thioether (sulfide) groups is 1. The monoisotopic (exact) mass is 429 g/mol. The topological polar surface area (TPSA) is 95.7 Å². The minimum absolute atomic E-state index is 0.237. The van der Waals surface area contributed by atoms with E-state index in [0.717, 1.165) is 17.0 Å². The zero-order valence-corrected chi connectivity index (χ0v) is 18.0. The predicted molar refractivity (Wildman–Crippen MR) is 112 cm³/mol. The summed E-state index contributed by atoms with van der Waals surface area (Å²) in [6, 6.07) is 8.84. The SMILES string of the molecule is COc1cc(OC)c(OC)cc1CNC(=O)c1cccnc1SCc1cc(C)on1. The second kappa shape index (κ2) is 10.0. The highest BCUT2D eigenvalue weighted by molar-refractivity contribution is 7.98. The smallest absolute Gasteiger partial charge is 0.254 e. The van der Waals surface area contributed by atoms with Gasteiger partial charge in [-0.3, -0.25) is 4.79 Å². The molecule has 0 aliphatic heterocycles. The van der Waals surface area contributed by atoms with Crippen LogP contribution in [0.5, 0.6) is 17.2 Å². The standard InChI is InChI=1S/C21H23N3O5S/c1-13-8-15(24-29-13)12-30-21-16(6-5-7-22-21)20(25)23-11-14-9-18(27-3)19(28-4)10-17(14)26-2/h5-10H,11-12H2,1-4H3,(H,23,25). The van der Waals surface area contributed by atoms with Crippen LogP contribution < -0.4 is 19.5 Å². The molecule has 0 saturated heterocycles. The molecule has 158 valence electrons. The lowest BCUT2D eigenvalue weighted by Gasteiger charge is -2.15.